The van der Waals surface area contributed by atoms with Crippen LogP contribution in [0, 0.1) is 17.0 Å². The molecular weight excluding hydrogens is 486 g/mol. The van der Waals surface area contributed by atoms with Crippen LogP contribution in [0.15, 0.2) is 43.0 Å². The molecule has 10 heteroatoms. The first-order valence-corrected chi connectivity index (χ1v) is 12.9. The van der Waals surface area contributed by atoms with Gasteiger partial charge >= 0.3 is 0 Å². The van der Waals surface area contributed by atoms with Crippen LogP contribution in [0.25, 0.3) is 22.3 Å². The van der Waals surface area contributed by atoms with Crippen molar-refractivity contribution in [1.82, 2.24) is 30.2 Å². The number of halogens is 2. The second-order valence-corrected chi connectivity index (χ2v) is 10.9. The number of piperidine rings is 1. The summed E-state index contributed by atoms with van der Waals surface area (Å²) in [5, 5.41) is 7.42. The fraction of sp³-hybridized carbons (Fsp3) is 0.393. The van der Waals surface area contributed by atoms with E-state index < -0.39 is 11.6 Å². The summed E-state index contributed by atoms with van der Waals surface area (Å²) in [5.41, 5.74) is 2.77. The predicted octanol–water partition coefficient (Wildman–Crippen LogP) is 5.21. The van der Waals surface area contributed by atoms with Gasteiger partial charge in [-0.15, -0.1) is 0 Å². The maximum atomic E-state index is 14.2. The average Bonchev–Trinajstić information content (AvgIpc) is 3.74. The Morgan fingerprint density at radius 2 is 1.89 bits per heavy atom. The number of pyridine rings is 3. The Labute approximate surface area is 220 Å². The van der Waals surface area contributed by atoms with E-state index in [0.29, 0.717) is 23.1 Å². The van der Waals surface area contributed by atoms with Gasteiger partial charge in [-0.2, -0.15) is 0 Å². The molecular formula is C28H30F2N8. The molecule has 8 nitrogen and oxygen atoms in total. The van der Waals surface area contributed by atoms with Gasteiger partial charge in [0.05, 0.1) is 17.9 Å². The molecule has 4 aromatic rings. The Hall–Kier alpha value is -3.79. The highest BCUT2D eigenvalue weighted by Gasteiger charge is 2.37. The number of hydrogen-bond donors (Lipinski definition) is 2. The summed E-state index contributed by atoms with van der Waals surface area (Å²) in [7, 11) is 2.13. The maximum absolute atomic E-state index is 14.2. The van der Waals surface area contributed by atoms with Gasteiger partial charge in [0, 0.05) is 49.0 Å². The van der Waals surface area contributed by atoms with Gasteiger partial charge in [0.1, 0.15) is 17.5 Å². The average molecular weight is 517 g/mol. The first-order valence-electron chi connectivity index (χ1n) is 12.9. The summed E-state index contributed by atoms with van der Waals surface area (Å²) >= 11 is 0. The highest BCUT2D eigenvalue weighted by atomic mass is 19.1. The largest absolute Gasteiger partial charge is 0.355 e. The number of anilines is 3. The van der Waals surface area contributed by atoms with E-state index >= 15 is 0 Å². The van der Waals surface area contributed by atoms with Crippen LogP contribution in [-0.4, -0.2) is 51.1 Å². The Bertz CT molecular complexity index is 1500. The van der Waals surface area contributed by atoms with Crippen molar-refractivity contribution in [3.63, 3.8) is 0 Å². The molecule has 4 aromatic heterocycles. The summed E-state index contributed by atoms with van der Waals surface area (Å²) in [6, 6.07) is 4.62. The topological polar surface area (TPSA) is 91.8 Å². The lowest BCUT2D eigenvalue weighted by Gasteiger charge is -2.45. The molecule has 0 aromatic carbocycles. The van der Waals surface area contributed by atoms with Crippen LogP contribution < -0.4 is 15.5 Å². The van der Waals surface area contributed by atoms with Gasteiger partial charge in [-0.1, -0.05) is 13.8 Å². The first kappa shape index (κ1) is 24.5. The summed E-state index contributed by atoms with van der Waals surface area (Å²) in [4.78, 5) is 25.0. The van der Waals surface area contributed by atoms with Crippen LogP contribution in [0.1, 0.15) is 44.6 Å². The standard InChI is InChI=1S/C28H30F2N8/c1-28(2)15-31-8-7-22(28)38(3)27-24-19(16-4-5-16)13-32-14-21(24)35-25(37-27)17-6-9-33-23(10-17)36-26-20(30)11-18(29)12-34-26/h6,9-14,16,22,31H,4-5,7-8,15H2,1-3H3,(H,33,34,36). The molecule has 1 atom stereocenters. The smallest absolute Gasteiger partial charge is 0.168 e. The van der Waals surface area contributed by atoms with Crippen molar-refractivity contribution >= 4 is 28.4 Å². The Morgan fingerprint density at radius 3 is 2.66 bits per heavy atom. The minimum absolute atomic E-state index is 0.0528. The molecule has 5 heterocycles. The molecule has 1 unspecified atom stereocenters. The number of rotatable bonds is 6. The van der Waals surface area contributed by atoms with E-state index in [1.54, 1.807) is 18.5 Å². The van der Waals surface area contributed by atoms with Gasteiger partial charge in [-0.25, -0.2) is 28.7 Å². The minimum Gasteiger partial charge on any atom is -0.355 e. The summed E-state index contributed by atoms with van der Waals surface area (Å²) in [5.74, 6) is 0.610. The summed E-state index contributed by atoms with van der Waals surface area (Å²) < 4.78 is 27.5. The molecule has 0 radical (unpaired) electrons. The molecule has 1 aliphatic heterocycles. The van der Waals surface area contributed by atoms with Crippen LogP contribution >= 0.6 is 0 Å². The zero-order chi connectivity index (χ0) is 26.4. The first-order chi connectivity index (χ1) is 18.3. The van der Waals surface area contributed by atoms with Gasteiger partial charge in [-0.3, -0.25) is 4.98 Å². The number of nitrogens with zero attached hydrogens (tertiary/aromatic N) is 6. The third-order valence-electron chi connectivity index (χ3n) is 7.59. The third kappa shape index (κ3) is 4.64. The van der Waals surface area contributed by atoms with Crippen molar-refractivity contribution in [2.75, 3.05) is 30.4 Å². The van der Waals surface area contributed by atoms with Gasteiger partial charge in [0.2, 0.25) is 0 Å². The number of nitrogens with one attached hydrogen (secondary N) is 2. The lowest BCUT2D eigenvalue weighted by Crippen LogP contribution is -2.53. The van der Waals surface area contributed by atoms with Crippen molar-refractivity contribution in [2.45, 2.75) is 45.1 Å². The van der Waals surface area contributed by atoms with E-state index in [2.05, 4.69) is 51.4 Å². The molecule has 0 bridgehead atoms. The molecule has 38 heavy (non-hydrogen) atoms. The van der Waals surface area contributed by atoms with E-state index in [0.717, 1.165) is 61.3 Å². The Morgan fingerprint density at radius 1 is 1.05 bits per heavy atom. The van der Waals surface area contributed by atoms with E-state index in [9.17, 15) is 8.78 Å². The normalized spacial score (nSPS) is 18.9. The predicted molar refractivity (Wildman–Crippen MR) is 143 cm³/mol. The number of aromatic nitrogens is 5. The maximum Gasteiger partial charge on any atom is 0.168 e. The van der Waals surface area contributed by atoms with Crippen LogP contribution in [0.3, 0.4) is 0 Å². The Kier molecular flexibility index (Phi) is 6.14. The van der Waals surface area contributed by atoms with E-state index in [1.807, 2.05) is 12.3 Å². The van der Waals surface area contributed by atoms with Gasteiger partial charge in [0.25, 0.3) is 0 Å². The molecule has 2 N–H and O–H groups in total. The third-order valence-corrected chi connectivity index (χ3v) is 7.59. The van der Waals surface area contributed by atoms with Crippen molar-refractivity contribution < 1.29 is 8.78 Å². The zero-order valence-electron chi connectivity index (χ0n) is 21.7. The van der Waals surface area contributed by atoms with E-state index in [-0.39, 0.29) is 17.3 Å². The quantitative estimate of drug-likeness (QED) is 0.361. The van der Waals surface area contributed by atoms with Crippen molar-refractivity contribution in [3.8, 4) is 11.4 Å². The highest BCUT2D eigenvalue weighted by molar-refractivity contribution is 5.94. The zero-order valence-corrected chi connectivity index (χ0v) is 21.7. The van der Waals surface area contributed by atoms with Gasteiger partial charge in [0.15, 0.2) is 17.5 Å². The second-order valence-electron chi connectivity index (χ2n) is 10.9. The minimum atomic E-state index is -0.800. The lowest BCUT2D eigenvalue weighted by molar-refractivity contribution is 0.215. The molecule has 2 aliphatic rings. The Balaban J connectivity index is 1.44. The summed E-state index contributed by atoms with van der Waals surface area (Å²) in [6.45, 7) is 6.47. The fourth-order valence-electron chi connectivity index (χ4n) is 5.47. The van der Waals surface area contributed by atoms with Gasteiger partial charge in [-0.05, 0) is 54.8 Å². The van der Waals surface area contributed by atoms with Gasteiger partial charge < -0.3 is 15.5 Å². The van der Waals surface area contributed by atoms with Crippen LogP contribution in [-0.2, 0) is 0 Å². The molecule has 1 aliphatic carbocycles. The number of hydrogen-bond acceptors (Lipinski definition) is 8. The lowest BCUT2D eigenvalue weighted by atomic mass is 9.79. The summed E-state index contributed by atoms with van der Waals surface area (Å²) in [6.07, 6.45) is 9.63. The van der Waals surface area contributed by atoms with Crippen molar-refractivity contribution in [1.29, 1.82) is 0 Å². The van der Waals surface area contributed by atoms with Crippen LogP contribution in [0.4, 0.5) is 26.2 Å². The highest BCUT2D eigenvalue weighted by Crippen LogP contribution is 2.45. The van der Waals surface area contributed by atoms with E-state index in [4.69, 9.17) is 9.97 Å². The number of fused-ring (bicyclic) bond motifs is 1. The van der Waals surface area contributed by atoms with Crippen molar-refractivity contribution in [3.05, 3.63) is 60.2 Å². The van der Waals surface area contributed by atoms with E-state index in [1.165, 1.54) is 5.56 Å². The molecule has 196 valence electrons. The fourth-order valence-corrected chi connectivity index (χ4v) is 5.47. The molecule has 0 spiro atoms. The molecule has 2 fully saturated rings. The van der Waals surface area contributed by atoms with Crippen LogP contribution in [0.2, 0.25) is 0 Å². The molecule has 0 amide bonds. The monoisotopic (exact) mass is 516 g/mol. The van der Waals surface area contributed by atoms with Crippen molar-refractivity contribution in [2.24, 2.45) is 5.41 Å². The second kappa shape index (κ2) is 9.50. The molecule has 1 saturated carbocycles. The molecule has 6 rings (SSSR count). The SMILES string of the molecule is CN(c1nc(-c2ccnc(Nc3ncc(F)cc3F)c2)nc2cncc(C3CC3)c12)C1CCNCC1(C)C. The molecule has 1 saturated heterocycles. The van der Waals surface area contributed by atoms with Crippen LogP contribution in [0.5, 0.6) is 0 Å².